The molecule has 0 fully saturated rings. The Morgan fingerprint density at radius 3 is 3.07 bits per heavy atom. The molecule has 0 saturated carbocycles. The van der Waals surface area contributed by atoms with Crippen molar-refractivity contribution in [3.05, 3.63) is 24.2 Å². The Balaban J connectivity index is 2.22. The summed E-state index contributed by atoms with van der Waals surface area (Å²) in [4.78, 5) is 10.4. The van der Waals surface area contributed by atoms with Gasteiger partial charge in [-0.15, -0.1) is 5.10 Å². The summed E-state index contributed by atoms with van der Waals surface area (Å²) >= 11 is 1.20. The lowest BCUT2D eigenvalue weighted by Gasteiger charge is -1.91. The van der Waals surface area contributed by atoms with Crippen LogP contribution in [0.2, 0.25) is 0 Å². The van der Waals surface area contributed by atoms with Crippen LogP contribution in [0.3, 0.4) is 0 Å². The maximum atomic E-state index is 10.4. The second-order valence-electron chi connectivity index (χ2n) is 2.62. The second-order valence-corrected chi connectivity index (χ2v) is 3.38. The highest BCUT2D eigenvalue weighted by Crippen LogP contribution is 2.10. The van der Waals surface area contributed by atoms with Gasteiger partial charge in [-0.3, -0.25) is 4.79 Å². The topological polar surface area (TPSA) is 80.9 Å². The summed E-state index contributed by atoms with van der Waals surface area (Å²) in [6, 6.07) is 0. The lowest BCUT2D eigenvalue weighted by atomic mass is 10.3. The standard InChI is InChI=1S/C7H6N4O2S/c12-7(13)1-5-2-9-11(4-5)6-3-8-10-14-6/h2-4H,1H2,(H,12,13). The molecule has 0 bridgehead atoms. The highest BCUT2D eigenvalue weighted by atomic mass is 32.1. The molecule has 2 rings (SSSR count). The first-order valence-corrected chi connectivity index (χ1v) is 4.56. The van der Waals surface area contributed by atoms with Crippen LogP contribution < -0.4 is 0 Å². The van der Waals surface area contributed by atoms with Crippen molar-refractivity contribution in [1.29, 1.82) is 0 Å². The van der Waals surface area contributed by atoms with Crippen molar-refractivity contribution in [2.75, 3.05) is 0 Å². The average Bonchev–Trinajstić information content (AvgIpc) is 2.69. The largest absolute Gasteiger partial charge is 0.481 e. The third kappa shape index (κ3) is 1.77. The molecule has 0 spiro atoms. The van der Waals surface area contributed by atoms with Crippen LogP contribution in [0, 0.1) is 0 Å². The maximum Gasteiger partial charge on any atom is 0.307 e. The molecule has 0 aliphatic rings. The number of nitrogens with zero attached hydrogens (tertiary/aromatic N) is 4. The van der Waals surface area contributed by atoms with Crippen molar-refractivity contribution in [3.63, 3.8) is 0 Å². The van der Waals surface area contributed by atoms with E-state index in [9.17, 15) is 4.79 Å². The van der Waals surface area contributed by atoms with Crippen molar-refractivity contribution in [3.8, 4) is 5.00 Å². The zero-order valence-electron chi connectivity index (χ0n) is 6.99. The summed E-state index contributed by atoms with van der Waals surface area (Å²) in [5.74, 6) is -0.869. The molecule has 0 radical (unpaired) electrons. The predicted molar refractivity (Wildman–Crippen MR) is 48.4 cm³/mol. The van der Waals surface area contributed by atoms with Gasteiger partial charge >= 0.3 is 5.97 Å². The quantitative estimate of drug-likeness (QED) is 0.790. The van der Waals surface area contributed by atoms with E-state index in [1.54, 1.807) is 17.1 Å². The molecule has 2 aromatic heterocycles. The highest BCUT2D eigenvalue weighted by molar-refractivity contribution is 7.08. The smallest absolute Gasteiger partial charge is 0.307 e. The summed E-state index contributed by atoms with van der Waals surface area (Å²) in [5, 5.41) is 17.0. The predicted octanol–water partition coefficient (Wildman–Crippen LogP) is 0.351. The van der Waals surface area contributed by atoms with E-state index in [2.05, 4.69) is 14.7 Å². The molecule has 1 N–H and O–H groups in total. The van der Waals surface area contributed by atoms with E-state index in [0.29, 0.717) is 5.56 Å². The molecule has 0 atom stereocenters. The van der Waals surface area contributed by atoms with Crippen LogP contribution in [0.5, 0.6) is 0 Å². The molecule has 0 unspecified atom stereocenters. The Labute approximate surface area is 83.0 Å². The summed E-state index contributed by atoms with van der Waals surface area (Å²) in [7, 11) is 0. The Bertz CT molecular complexity index is 436. The van der Waals surface area contributed by atoms with Gasteiger partial charge in [0.05, 0.1) is 18.8 Å². The summed E-state index contributed by atoms with van der Waals surface area (Å²) in [6.07, 6.45) is 4.73. The number of hydrogen-bond donors (Lipinski definition) is 1. The van der Waals surface area contributed by atoms with Gasteiger partial charge in [-0.1, -0.05) is 4.49 Å². The van der Waals surface area contributed by atoms with Crippen LogP contribution in [0.1, 0.15) is 5.56 Å². The van der Waals surface area contributed by atoms with Crippen LogP contribution >= 0.6 is 11.5 Å². The van der Waals surface area contributed by atoms with Crippen molar-refractivity contribution in [2.24, 2.45) is 0 Å². The summed E-state index contributed by atoms with van der Waals surface area (Å²) in [5.41, 5.74) is 0.658. The normalized spacial score (nSPS) is 10.3. The maximum absolute atomic E-state index is 10.4. The van der Waals surface area contributed by atoms with E-state index in [4.69, 9.17) is 5.11 Å². The van der Waals surface area contributed by atoms with Crippen LogP contribution in [-0.4, -0.2) is 30.4 Å². The van der Waals surface area contributed by atoms with Gasteiger partial charge in [0, 0.05) is 23.3 Å². The zero-order chi connectivity index (χ0) is 9.97. The Morgan fingerprint density at radius 2 is 2.43 bits per heavy atom. The van der Waals surface area contributed by atoms with Gasteiger partial charge in [-0.25, -0.2) is 4.68 Å². The fourth-order valence-corrected chi connectivity index (χ4v) is 1.47. The van der Waals surface area contributed by atoms with E-state index in [1.807, 2.05) is 0 Å². The zero-order valence-corrected chi connectivity index (χ0v) is 7.81. The van der Waals surface area contributed by atoms with Gasteiger partial charge in [-0.05, 0) is 0 Å². The minimum absolute atomic E-state index is 0.0216. The molecule has 0 aromatic carbocycles. The third-order valence-corrected chi connectivity index (χ3v) is 2.22. The van der Waals surface area contributed by atoms with Crippen molar-refractivity contribution in [2.45, 2.75) is 6.42 Å². The lowest BCUT2D eigenvalue weighted by Crippen LogP contribution is -1.98. The summed E-state index contributed by atoms with van der Waals surface area (Å²) in [6.45, 7) is 0. The number of aliphatic carboxylic acids is 1. The summed E-state index contributed by atoms with van der Waals surface area (Å²) < 4.78 is 5.24. The first-order valence-electron chi connectivity index (χ1n) is 3.79. The molecule has 0 aliphatic carbocycles. The highest BCUT2D eigenvalue weighted by Gasteiger charge is 2.05. The minimum Gasteiger partial charge on any atom is -0.481 e. The Kier molecular flexibility index (Phi) is 2.23. The second kappa shape index (κ2) is 3.54. The molecular formula is C7H6N4O2S. The van der Waals surface area contributed by atoms with Gasteiger partial charge < -0.3 is 5.11 Å². The molecule has 72 valence electrons. The number of hydrogen-bond acceptors (Lipinski definition) is 5. The lowest BCUT2D eigenvalue weighted by molar-refractivity contribution is -0.136. The number of carboxylic acids is 1. The molecule has 2 heterocycles. The molecule has 7 heteroatoms. The van der Waals surface area contributed by atoms with E-state index < -0.39 is 5.97 Å². The van der Waals surface area contributed by atoms with Gasteiger partial charge in [-0.2, -0.15) is 5.10 Å². The molecular weight excluding hydrogens is 204 g/mol. The number of carboxylic acid groups (broad SMARTS) is 1. The molecule has 0 amide bonds. The van der Waals surface area contributed by atoms with Crippen molar-refractivity contribution < 1.29 is 9.90 Å². The number of rotatable bonds is 3. The average molecular weight is 210 g/mol. The molecule has 0 aliphatic heterocycles. The van der Waals surface area contributed by atoms with Gasteiger partial charge in [0.15, 0.2) is 5.00 Å². The fourth-order valence-electron chi connectivity index (χ4n) is 1.01. The van der Waals surface area contributed by atoms with Crippen LogP contribution in [-0.2, 0) is 11.2 Å². The molecule has 6 nitrogen and oxygen atoms in total. The first-order chi connectivity index (χ1) is 6.75. The van der Waals surface area contributed by atoms with Gasteiger partial charge in [0.1, 0.15) is 0 Å². The SMILES string of the molecule is O=C(O)Cc1cnn(-c2cnns2)c1. The third-order valence-electron chi connectivity index (χ3n) is 1.57. The fraction of sp³-hybridized carbons (Fsp3) is 0.143. The van der Waals surface area contributed by atoms with E-state index in [-0.39, 0.29) is 6.42 Å². The Hall–Kier alpha value is -1.76. The number of carbonyl (C=O) groups is 1. The van der Waals surface area contributed by atoms with E-state index in [0.717, 1.165) is 5.00 Å². The molecule has 0 saturated heterocycles. The monoisotopic (exact) mass is 210 g/mol. The van der Waals surface area contributed by atoms with Crippen LogP contribution in [0.15, 0.2) is 18.6 Å². The molecule has 14 heavy (non-hydrogen) atoms. The van der Waals surface area contributed by atoms with Crippen molar-refractivity contribution in [1.82, 2.24) is 19.4 Å². The van der Waals surface area contributed by atoms with E-state index in [1.165, 1.54) is 17.7 Å². The molecule has 2 aromatic rings. The van der Waals surface area contributed by atoms with Gasteiger partial charge in [0.25, 0.3) is 0 Å². The van der Waals surface area contributed by atoms with Gasteiger partial charge in [0.2, 0.25) is 0 Å². The van der Waals surface area contributed by atoms with E-state index >= 15 is 0 Å². The Morgan fingerprint density at radius 1 is 1.57 bits per heavy atom. The minimum atomic E-state index is -0.869. The van der Waals surface area contributed by atoms with Crippen LogP contribution in [0.25, 0.3) is 5.00 Å². The van der Waals surface area contributed by atoms with Crippen molar-refractivity contribution >= 4 is 17.5 Å². The first kappa shape index (κ1) is 8.82. The van der Waals surface area contributed by atoms with Crippen LogP contribution in [0.4, 0.5) is 0 Å². The number of aromatic nitrogens is 4.